The van der Waals surface area contributed by atoms with Crippen LogP contribution in [0.3, 0.4) is 0 Å². The lowest BCUT2D eigenvalue weighted by atomic mass is 10.1. The monoisotopic (exact) mass is 364 g/mol. The summed E-state index contributed by atoms with van der Waals surface area (Å²) in [6, 6.07) is 8.10. The summed E-state index contributed by atoms with van der Waals surface area (Å²) in [6.07, 6.45) is 10.6. The van der Waals surface area contributed by atoms with Crippen molar-refractivity contribution < 1.29 is 9.53 Å². The Balaban J connectivity index is 1.47. The Labute approximate surface area is 158 Å². The zero-order chi connectivity index (χ0) is 18.5. The summed E-state index contributed by atoms with van der Waals surface area (Å²) < 4.78 is 7.53. The van der Waals surface area contributed by atoms with E-state index in [9.17, 15) is 4.79 Å². The largest absolute Gasteiger partial charge is 0.378 e. The van der Waals surface area contributed by atoms with Crippen LogP contribution in [0.5, 0.6) is 0 Å². The molecule has 0 radical (unpaired) electrons. The molecule has 0 aromatic carbocycles. The number of aryl methyl sites for hydroxylation is 2. The Morgan fingerprint density at radius 1 is 1.07 bits per heavy atom. The van der Waals surface area contributed by atoms with Gasteiger partial charge in [0, 0.05) is 44.4 Å². The van der Waals surface area contributed by atoms with Gasteiger partial charge in [0.25, 0.3) is 5.91 Å². The highest BCUT2D eigenvalue weighted by atomic mass is 16.5. The van der Waals surface area contributed by atoms with E-state index in [2.05, 4.69) is 26.7 Å². The van der Waals surface area contributed by atoms with Gasteiger partial charge in [0.05, 0.1) is 24.3 Å². The predicted molar refractivity (Wildman–Crippen MR) is 104 cm³/mol. The Kier molecular flexibility index (Phi) is 5.44. The smallest absolute Gasteiger partial charge is 0.257 e. The van der Waals surface area contributed by atoms with Crippen molar-refractivity contribution in [3.05, 3.63) is 60.2 Å². The van der Waals surface area contributed by atoms with E-state index in [1.807, 2.05) is 35.6 Å². The fraction of sp³-hybridized carbons (Fsp3) is 0.381. The lowest BCUT2D eigenvalue weighted by Crippen LogP contribution is -2.40. The van der Waals surface area contributed by atoms with Crippen molar-refractivity contribution in [2.75, 3.05) is 26.3 Å². The number of carbonyl (C=O) groups excluding carboxylic acids is 1. The first kappa shape index (κ1) is 17.7. The average molecular weight is 364 g/mol. The summed E-state index contributed by atoms with van der Waals surface area (Å²) >= 11 is 0. The molecule has 4 rings (SSSR count). The Morgan fingerprint density at radius 3 is 2.70 bits per heavy atom. The van der Waals surface area contributed by atoms with Gasteiger partial charge in [-0.15, -0.1) is 0 Å². The predicted octanol–water partition coefficient (Wildman–Crippen LogP) is 2.93. The van der Waals surface area contributed by atoms with Crippen LogP contribution in [0.1, 0.15) is 28.8 Å². The number of unbranched alkanes of at least 4 members (excludes halogenated alkanes) is 1. The molecule has 6 heteroatoms. The molecule has 0 atom stereocenters. The molecule has 0 saturated carbocycles. The number of fused-ring (bicyclic) bond motifs is 1. The molecule has 0 N–H and O–H groups in total. The number of hydrogen-bond acceptors (Lipinski definition) is 4. The minimum absolute atomic E-state index is 0.0533. The highest BCUT2D eigenvalue weighted by molar-refractivity contribution is 6.05. The number of rotatable bonds is 6. The van der Waals surface area contributed by atoms with Gasteiger partial charge in [0.1, 0.15) is 5.52 Å². The standard InChI is InChI=1S/C21H24N4O2/c26-21(24-12-14-27-15-13-24)18-16-25(19-5-3-8-23-20(18)19)11-2-1-4-17-6-9-22-10-7-17/h3,5-10,16H,1-2,4,11-15H2. The van der Waals surface area contributed by atoms with Gasteiger partial charge >= 0.3 is 0 Å². The topological polar surface area (TPSA) is 60.2 Å². The van der Waals surface area contributed by atoms with Crippen molar-refractivity contribution in [3.8, 4) is 0 Å². The van der Waals surface area contributed by atoms with Gasteiger partial charge in [-0.25, -0.2) is 0 Å². The van der Waals surface area contributed by atoms with Crippen molar-refractivity contribution in [1.82, 2.24) is 19.4 Å². The van der Waals surface area contributed by atoms with Crippen LogP contribution in [0.15, 0.2) is 49.1 Å². The highest BCUT2D eigenvalue weighted by Gasteiger charge is 2.23. The number of ether oxygens (including phenoxy) is 1. The zero-order valence-electron chi connectivity index (χ0n) is 15.4. The van der Waals surface area contributed by atoms with E-state index < -0.39 is 0 Å². The number of nitrogens with zero attached hydrogens (tertiary/aromatic N) is 4. The van der Waals surface area contributed by atoms with Crippen LogP contribution in [0.4, 0.5) is 0 Å². The van der Waals surface area contributed by atoms with Crippen molar-refractivity contribution >= 4 is 16.9 Å². The summed E-state index contributed by atoms with van der Waals surface area (Å²) in [4.78, 5) is 23.4. The first-order valence-electron chi connectivity index (χ1n) is 9.53. The van der Waals surface area contributed by atoms with E-state index in [0.717, 1.165) is 36.8 Å². The molecule has 0 aliphatic carbocycles. The second-order valence-corrected chi connectivity index (χ2v) is 6.82. The summed E-state index contributed by atoms with van der Waals surface area (Å²) in [5.41, 5.74) is 3.83. The molecular formula is C21H24N4O2. The molecule has 3 aromatic heterocycles. The van der Waals surface area contributed by atoms with Crippen LogP contribution in [0.2, 0.25) is 0 Å². The number of amides is 1. The van der Waals surface area contributed by atoms with Crippen molar-refractivity contribution in [3.63, 3.8) is 0 Å². The summed E-state index contributed by atoms with van der Waals surface area (Å²) in [6.45, 7) is 3.37. The van der Waals surface area contributed by atoms with Crippen molar-refractivity contribution in [2.24, 2.45) is 0 Å². The van der Waals surface area contributed by atoms with Crippen molar-refractivity contribution in [1.29, 1.82) is 0 Å². The first-order valence-corrected chi connectivity index (χ1v) is 9.53. The molecule has 27 heavy (non-hydrogen) atoms. The van der Waals surface area contributed by atoms with E-state index in [1.54, 1.807) is 6.20 Å². The van der Waals surface area contributed by atoms with E-state index in [0.29, 0.717) is 31.9 Å². The third kappa shape index (κ3) is 4.01. The van der Waals surface area contributed by atoms with Crippen molar-refractivity contribution in [2.45, 2.75) is 25.8 Å². The van der Waals surface area contributed by atoms with Crippen LogP contribution in [-0.4, -0.2) is 51.6 Å². The molecule has 1 saturated heterocycles. The molecule has 4 heterocycles. The first-order chi connectivity index (χ1) is 13.3. The van der Waals surface area contributed by atoms with Crippen LogP contribution in [0.25, 0.3) is 11.0 Å². The Hall–Kier alpha value is -2.73. The summed E-state index contributed by atoms with van der Waals surface area (Å²) in [7, 11) is 0. The van der Waals surface area contributed by atoms with Gasteiger partial charge in [-0.2, -0.15) is 0 Å². The molecule has 3 aromatic rings. The maximum atomic E-state index is 13.0. The van der Waals surface area contributed by atoms with Crippen LogP contribution in [-0.2, 0) is 17.7 Å². The minimum Gasteiger partial charge on any atom is -0.378 e. The molecule has 0 unspecified atom stereocenters. The third-order valence-electron chi connectivity index (χ3n) is 5.03. The van der Waals surface area contributed by atoms with Gasteiger partial charge < -0.3 is 14.2 Å². The Bertz CT molecular complexity index is 901. The number of morpholine rings is 1. The molecule has 140 valence electrons. The molecule has 1 fully saturated rings. The highest BCUT2D eigenvalue weighted by Crippen LogP contribution is 2.22. The van der Waals surface area contributed by atoms with E-state index in [4.69, 9.17) is 4.74 Å². The summed E-state index contributed by atoms with van der Waals surface area (Å²) in [5.74, 6) is 0.0533. The second kappa shape index (κ2) is 8.31. The maximum Gasteiger partial charge on any atom is 0.257 e. The zero-order valence-corrected chi connectivity index (χ0v) is 15.4. The van der Waals surface area contributed by atoms with E-state index >= 15 is 0 Å². The second-order valence-electron chi connectivity index (χ2n) is 6.82. The fourth-order valence-electron chi connectivity index (χ4n) is 3.56. The quantitative estimate of drug-likeness (QED) is 0.631. The lowest BCUT2D eigenvalue weighted by molar-refractivity contribution is 0.0304. The molecule has 1 aliphatic heterocycles. The molecular weight excluding hydrogens is 340 g/mol. The minimum atomic E-state index is 0.0533. The lowest BCUT2D eigenvalue weighted by Gasteiger charge is -2.26. The fourth-order valence-corrected chi connectivity index (χ4v) is 3.56. The van der Waals surface area contributed by atoms with Gasteiger partial charge in [0.15, 0.2) is 0 Å². The number of pyridine rings is 2. The molecule has 0 bridgehead atoms. The van der Waals surface area contributed by atoms with Crippen LogP contribution >= 0.6 is 0 Å². The average Bonchev–Trinajstić information content (AvgIpc) is 3.11. The molecule has 6 nitrogen and oxygen atoms in total. The maximum absolute atomic E-state index is 13.0. The van der Waals surface area contributed by atoms with E-state index in [-0.39, 0.29) is 5.91 Å². The third-order valence-corrected chi connectivity index (χ3v) is 5.03. The van der Waals surface area contributed by atoms with Crippen LogP contribution < -0.4 is 0 Å². The molecule has 1 amide bonds. The number of carbonyl (C=O) groups is 1. The SMILES string of the molecule is O=C(c1cn(CCCCc2ccncc2)c2cccnc12)N1CCOCC1. The molecule has 0 spiro atoms. The number of hydrogen-bond donors (Lipinski definition) is 0. The van der Waals surface area contributed by atoms with E-state index in [1.165, 1.54) is 5.56 Å². The van der Waals surface area contributed by atoms with Gasteiger partial charge in [0.2, 0.25) is 0 Å². The van der Waals surface area contributed by atoms with Gasteiger partial charge in [-0.05, 0) is 49.1 Å². The summed E-state index contributed by atoms with van der Waals surface area (Å²) in [5, 5.41) is 0. The van der Waals surface area contributed by atoms with Crippen LogP contribution in [0, 0.1) is 0 Å². The number of aromatic nitrogens is 3. The molecule has 1 aliphatic rings. The Morgan fingerprint density at radius 2 is 1.89 bits per heavy atom. The normalized spacial score (nSPS) is 14.6. The van der Waals surface area contributed by atoms with Gasteiger partial charge in [-0.1, -0.05) is 0 Å². The van der Waals surface area contributed by atoms with Gasteiger partial charge in [-0.3, -0.25) is 14.8 Å².